The van der Waals surface area contributed by atoms with Gasteiger partial charge in [0.05, 0.1) is 6.42 Å². The molecule has 0 saturated heterocycles. The van der Waals surface area contributed by atoms with E-state index in [-0.39, 0.29) is 5.56 Å². The summed E-state index contributed by atoms with van der Waals surface area (Å²) < 4.78 is 36.4. The van der Waals surface area contributed by atoms with Crippen LogP contribution < -0.4 is 0 Å². The third kappa shape index (κ3) is 2.46. The minimum absolute atomic E-state index is 0.267. The van der Waals surface area contributed by atoms with Gasteiger partial charge in [-0.25, -0.2) is 0 Å². The largest absolute Gasteiger partial charge is 0.393 e. The molecular weight excluding hydrogens is 203 g/mol. The Morgan fingerprint density at radius 2 is 1.87 bits per heavy atom. The summed E-state index contributed by atoms with van der Waals surface area (Å²) in [6.45, 7) is 0. The van der Waals surface area contributed by atoms with Crippen molar-refractivity contribution in [2.75, 3.05) is 0 Å². The maximum Gasteiger partial charge on any atom is 0.393 e. The van der Waals surface area contributed by atoms with E-state index in [2.05, 4.69) is 4.98 Å². The number of hydrogen-bond acceptors (Lipinski definition) is 1. The molecule has 2 rings (SSSR count). The summed E-state index contributed by atoms with van der Waals surface area (Å²) >= 11 is 0. The highest BCUT2D eigenvalue weighted by Crippen LogP contribution is 2.23. The average Bonchev–Trinajstić information content (AvgIpc) is 2.15. The normalized spacial score (nSPS) is 11.9. The van der Waals surface area contributed by atoms with Crippen molar-refractivity contribution >= 4 is 10.8 Å². The molecule has 0 saturated carbocycles. The van der Waals surface area contributed by atoms with Gasteiger partial charge >= 0.3 is 6.18 Å². The SMILES string of the molecule is FC(F)(F)Cc1ccc2ccncc2c1. The monoisotopic (exact) mass is 211 g/mol. The molecule has 0 spiro atoms. The number of aromatic nitrogens is 1. The predicted octanol–water partition coefficient (Wildman–Crippen LogP) is 3.34. The number of alkyl halides is 3. The number of halogens is 3. The van der Waals surface area contributed by atoms with E-state index in [1.807, 2.05) is 0 Å². The maximum atomic E-state index is 12.1. The summed E-state index contributed by atoms with van der Waals surface area (Å²) in [5, 5.41) is 1.63. The molecule has 1 heterocycles. The smallest absolute Gasteiger partial charge is 0.264 e. The summed E-state index contributed by atoms with van der Waals surface area (Å²) in [6, 6.07) is 6.47. The van der Waals surface area contributed by atoms with Crippen LogP contribution in [0, 0.1) is 0 Å². The fourth-order valence-electron chi connectivity index (χ4n) is 1.48. The Labute approximate surface area is 84.6 Å². The first-order valence-corrected chi connectivity index (χ1v) is 4.44. The fourth-order valence-corrected chi connectivity index (χ4v) is 1.48. The Hall–Kier alpha value is -1.58. The summed E-state index contributed by atoms with van der Waals surface area (Å²) in [7, 11) is 0. The average molecular weight is 211 g/mol. The van der Waals surface area contributed by atoms with E-state index < -0.39 is 12.6 Å². The van der Waals surface area contributed by atoms with Gasteiger partial charge in [-0.15, -0.1) is 0 Å². The molecule has 0 N–H and O–H groups in total. The Kier molecular flexibility index (Phi) is 2.34. The van der Waals surface area contributed by atoms with Crippen molar-refractivity contribution in [2.24, 2.45) is 0 Å². The molecule has 0 aliphatic heterocycles. The van der Waals surface area contributed by atoms with Gasteiger partial charge in [0.1, 0.15) is 0 Å². The quantitative estimate of drug-likeness (QED) is 0.704. The molecule has 1 nitrogen and oxygen atoms in total. The van der Waals surface area contributed by atoms with Gasteiger partial charge in [0.2, 0.25) is 0 Å². The lowest BCUT2D eigenvalue weighted by molar-refractivity contribution is -0.127. The van der Waals surface area contributed by atoms with Gasteiger partial charge in [0.25, 0.3) is 0 Å². The summed E-state index contributed by atoms with van der Waals surface area (Å²) in [5.41, 5.74) is 0.267. The van der Waals surface area contributed by atoms with Crippen LogP contribution in [0.5, 0.6) is 0 Å². The van der Waals surface area contributed by atoms with E-state index in [9.17, 15) is 13.2 Å². The molecule has 1 aromatic heterocycles. The first-order valence-electron chi connectivity index (χ1n) is 4.44. The van der Waals surface area contributed by atoms with Crippen molar-refractivity contribution in [3.8, 4) is 0 Å². The Bertz CT molecular complexity index is 476. The van der Waals surface area contributed by atoms with E-state index >= 15 is 0 Å². The minimum atomic E-state index is -4.16. The molecular formula is C11H8F3N. The first kappa shape index (κ1) is 9.96. The Balaban J connectivity index is 2.39. The van der Waals surface area contributed by atoms with Gasteiger partial charge in [-0.1, -0.05) is 12.1 Å². The molecule has 0 radical (unpaired) electrons. The molecule has 0 bridgehead atoms. The number of nitrogens with zero attached hydrogens (tertiary/aromatic N) is 1. The molecule has 15 heavy (non-hydrogen) atoms. The van der Waals surface area contributed by atoms with Gasteiger partial charge in [0.15, 0.2) is 0 Å². The molecule has 4 heteroatoms. The van der Waals surface area contributed by atoms with Gasteiger partial charge in [-0.2, -0.15) is 13.2 Å². The van der Waals surface area contributed by atoms with Gasteiger partial charge < -0.3 is 0 Å². The van der Waals surface area contributed by atoms with Crippen LogP contribution in [0.2, 0.25) is 0 Å². The molecule has 78 valence electrons. The van der Waals surface area contributed by atoms with E-state index in [0.717, 1.165) is 10.8 Å². The van der Waals surface area contributed by atoms with E-state index in [1.165, 1.54) is 12.1 Å². The lowest BCUT2D eigenvalue weighted by Gasteiger charge is -2.06. The Morgan fingerprint density at radius 3 is 2.60 bits per heavy atom. The zero-order valence-electron chi connectivity index (χ0n) is 7.75. The van der Waals surface area contributed by atoms with Crippen molar-refractivity contribution in [1.29, 1.82) is 0 Å². The summed E-state index contributed by atoms with van der Waals surface area (Å²) in [6.07, 6.45) is -1.87. The Morgan fingerprint density at radius 1 is 1.07 bits per heavy atom. The highest BCUT2D eigenvalue weighted by Gasteiger charge is 2.27. The minimum Gasteiger partial charge on any atom is -0.264 e. The lowest BCUT2D eigenvalue weighted by atomic mass is 10.1. The highest BCUT2D eigenvalue weighted by atomic mass is 19.4. The number of hydrogen-bond donors (Lipinski definition) is 0. The molecule has 0 aliphatic carbocycles. The van der Waals surface area contributed by atoms with Crippen LogP contribution in [0.1, 0.15) is 5.56 Å². The second-order valence-corrected chi connectivity index (χ2v) is 3.35. The van der Waals surface area contributed by atoms with Gasteiger partial charge in [-0.3, -0.25) is 4.98 Å². The van der Waals surface area contributed by atoms with Crippen molar-refractivity contribution in [3.05, 3.63) is 42.2 Å². The standard InChI is InChI=1S/C11H8F3N/c12-11(13,14)6-8-1-2-9-3-4-15-7-10(9)5-8/h1-5,7H,6H2. The van der Waals surface area contributed by atoms with Crippen LogP contribution in [0.15, 0.2) is 36.7 Å². The number of pyridine rings is 1. The molecule has 2 aromatic rings. The van der Waals surface area contributed by atoms with E-state index in [0.29, 0.717) is 0 Å². The van der Waals surface area contributed by atoms with Crippen LogP contribution in [0.25, 0.3) is 10.8 Å². The number of fused-ring (bicyclic) bond motifs is 1. The molecule has 1 aromatic carbocycles. The van der Waals surface area contributed by atoms with E-state index in [1.54, 1.807) is 24.5 Å². The van der Waals surface area contributed by atoms with Crippen LogP contribution >= 0.6 is 0 Å². The number of benzene rings is 1. The lowest BCUT2D eigenvalue weighted by Crippen LogP contribution is -2.11. The van der Waals surface area contributed by atoms with Crippen molar-refractivity contribution < 1.29 is 13.2 Å². The first-order chi connectivity index (χ1) is 7.04. The summed E-state index contributed by atoms with van der Waals surface area (Å²) in [4.78, 5) is 3.87. The van der Waals surface area contributed by atoms with Crippen LogP contribution in [-0.2, 0) is 6.42 Å². The zero-order valence-corrected chi connectivity index (χ0v) is 7.75. The fraction of sp³-hybridized carbons (Fsp3) is 0.182. The zero-order chi connectivity index (χ0) is 10.9. The summed E-state index contributed by atoms with van der Waals surface area (Å²) in [5.74, 6) is 0. The van der Waals surface area contributed by atoms with Crippen molar-refractivity contribution in [2.45, 2.75) is 12.6 Å². The van der Waals surface area contributed by atoms with Crippen LogP contribution in [-0.4, -0.2) is 11.2 Å². The second kappa shape index (κ2) is 3.53. The molecule has 0 atom stereocenters. The van der Waals surface area contributed by atoms with E-state index in [4.69, 9.17) is 0 Å². The molecule has 0 unspecified atom stereocenters. The second-order valence-electron chi connectivity index (χ2n) is 3.35. The maximum absolute atomic E-state index is 12.1. The predicted molar refractivity (Wildman–Crippen MR) is 51.5 cm³/mol. The van der Waals surface area contributed by atoms with Gasteiger partial charge in [0, 0.05) is 17.8 Å². The molecule has 0 fully saturated rings. The highest BCUT2D eigenvalue weighted by molar-refractivity contribution is 5.81. The van der Waals surface area contributed by atoms with Crippen LogP contribution in [0.3, 0.4) is 0 Å². The molecule has 0 amide bonds. The van der Waals surface area contributed by atoms with Crippen molar-refractivity contribution in [3.63, 3.8) is 0 Å². The van der Waals surface area contributed by atoms with Crippen molar-refractivity contribution in [1.82, 2.24) is 4.98 Å². The third-order valence-corrected chi connectivity index (χ3v) is 2.11. The van der Waals surface area contributed by atoms with Gasteiger partial charge in [-0.05, 0) is 23.1 Å². The van der Waals surface area contributed by atoms with Crippen LogP contribution in [0.4, 0.5) is 13.2 Å². The topological polar surface area (TPSA) is 12.9 Å². The molecule has 0 aliphatic rings. The third-order valence-electron chi connectivity index (χ3n) is 2.11. The number of rotatable bonds is 1.